The highest BCUT2D eigenvalue weighted by Crippen LogP contribution is 2.66. The zero-order chi connectivity index (χ0) is 27.8. The molecule has 2 aromatic carbocycles. The highest BCUT2D eigenvalue weighted by Gasteiger charge is 2.60. The van der Waals surface area contributed by atoms with Gasteiger partial charge in [0, 0.05) is 54.1 Å². The molecule has 40 heavy (non-hydrogen) atoms. The maximum atomic E-state index is 12.1. The summed E-state index contributed by atoms with van der Waals surface area (Å²) in [4.78, 5) is 14.6. The van der Waals surface area contributed by atoms with Crippen LogP contribution in [0, 0.1) is 0 Å². The molecule has 0 amide bonds. The van der Waals surface area contributed by atoms with Gasteiger partial charge in [-0.05, 0) is 87.5 Å². The van der Waals surface area contributed by atoms with Crippen LogP contribution in [-0.4, -0.2) is 68.9 Å². The second-order valence-electron chi connectivity index (χ2n) is 12.8. The van der Waals surface area contributed by atoms with Crippen molar-refractivity contribution < 1.29 is 14.6 Å². The normalized spacial score (nSPS) is 28.9. The van der Waals surface area contributed by atoms with E-state index in [1.807, 2.05) is 12.1 Å². The van der Waals surface area contributed by atoms with E-state index in [1.165, 1.54) is 59.9 Å². The van der Waals surface area contributed by atoms with E-state index in [4.69, 9.17) is 4.74 Å². The fourth-order valence-corrected chi connectivity index (χ4v) is 9.66. The van der Waals surface area contributed by atoms with Gasteiger partial charge in [-0.15, -0.1) is 0 Å². The van der Waals surface area contributed by atoms with E-state index in [1.54, 1.807) is 7.11 Å². The van der Waals surface area contributed by atoms with Crippen molar-refractivity contribution >= 4 is 28.8 Å². The molecule has 1 saturated heterocycles. The number of hydrogen-bond acceptors (Lipinski definition) is 5. The Balaban J connectivity index is 1.42. The third kappa shape index (κ3) is 4.19. The second-order valence-corrected chi connectivity index (χ2v) is 14.3. The van der Waals surface area contributed by atoms with Crippen LogP contribution in [0.1, 0.15) is 85.7 Å². The number of nitrogens with zero attached hydrogens (tertiary/aromatic N) is 3. The minimum Gasteiger partial charge on any atom is -0.497 e. The number of rotatable bonds is 5. The number of hydrogen-bond donors (Lipinski definition) is 1. The SMILES string of the molecule is COc1ccc2c(c1)C1CC1(SN1C[C@@H](C)N(C)[C@@H](C)C1)Cn1c-2c(C2CCCCC2)c2ccc(C(=O)O)cc21. The lowest BCUT2D eigenvalue weighted by molar-refractivity contribution is 0.0697. The number of benzene rings is 2. The minimum absolute atomic E-state index is 0.0523. The van der Waals surface area contributed by atoms with Crippen molar-refractivity contribution in [2.24, 2.45) is 0 Å². The van der Waals surface area contributed by atoms with E-state index in [9.17, 15) is 9.90 Å². The first kappa shape index (κ1) is 26.4. The van der Waals surface area contributed by atoms with E-state index in [2.05, 4.69) is 70.9 Å². The zero-order valence-electron chi connectivity index (χ0n) is 24.2. The van der Waals surface area contributed by atoms with Crippen LogP contribution in [0.5, 0.6) is 5.75 Å². The molecule has 3 heterocycles. The van der Waals surface area contributed by atoms with Crippen LogP contribution >= 0.6 is 11.9 Å². The summed E-state index contributed by atoms with van der Waals surface area (Å²) < 4.78 is 11.0. The quantitative estimate of drug-likeness (QED) is 0.341. The number of carbonyl (C=O) groups is 1. The molecule has 0 radical (unpaired) electrons. The molecule has 2 aliphatic heterocycles. The zero-order valence-corrected chi connectivity index (χ0v) is 25.0. The van der Waals surface area contributed by atoms with Crippen LogP contribution in [0.25, 0.3) is 22.2 Å². The molecule has 4 aliphatic rings. The Morgan fingerprint density at radius 2 is 1.80 bits per heavy atom. The monoisotopic (exact) mass is 559 g/mol. The van der Waals surface area contributed by atoms with Gasteiger partial charge in [-0.25, -0.2) is 9.10 Å². The van der Waals surface area contributed by atoms with Gasteiger partial charge in [-0.1, -0.05) is 37.3 Å². The number of aromatic nitrogens is 1. The van der Waals surface area contributed by atoms with E-state index in [0.717, 1.165) is 37.3 Å². The van der Waals surface area contributed by atoms with E-state index >= 15 is 0 Å². The first-order valence-electron chi connectivity index (χ1n) is 15.0. The Bertz CT molecular complexity index is 1470. The molecule has 212 valence electrons. The summed E-state index contributed by atoms with van der Waals surface area (Å²) in [6.45, 7) is 7.68. The molecule has 0 spiro atoms. The lowest BCUT2D eigenvalue weighted by atomic mass is 9.81. The summed E-state index contributed by atoms with van der Waals surface area (Å²) in [5, 5.41) is 11.2. The number of ether oxygens (including phenoxy) is 1. The lowest BCUT2D eigenvalue weighted by Gasteiger charge is -2.43. The Kier molecular flexibility index (Phi) is 6.48. The van der Waals surface area contributed by atoms with Crippen LogP contribution in [0.4, 0.5) is 0 Å². The maximum absolute atomic E-state index is 12.1. The number of methoxy groups -OCH3 is 1. The average molecular weight is 560 g/mol. The van der Waals surface area contributed by atoms with Crippen molar-refractivity contribution in [2.45, 2.75) is 87.6 Å². The van der Waals surface area contributed by atoms with Gasteiger partial charge in [-0.2, -0.15) is 0 Å². The van der Waals surface area contributed by atoms with Gasteiger partial charge in [0.25, 0.3) is 0 Å². The standard InChI is InChI=1S/C33H41N3O3S/c1-20-17-35(18-21(2)34(20)3)40-33-16-28(33)27-15-24(39-4)11-13-25(27)31-30(22-8-6-5-7-9-22)26-12-10-23(32(37)38)14-29(26)36(31)19-33/h10-15,20-22,28H,5-9,16-19H2,1-4H3,(H,37,38)/t20-,21+,28?,33?. The Morgan fingerprint density at radius 3 is 2.50 bits per heavy atom. The van der Waals surface area contributed by atoms with Crippen molar-refractivity contribution in [3.8, 4) is 17.0 Å². The smallest absolute Gasteiger partial charge is 0.335 e. The molecule has 7 rings (SSSR count). The van der Waals surface area contributed by atoms with Gasteiger partial charge in [0.05, 0.1) is 23.1 Å². The molecule has 7 heteroatoms. The summed E-state index contributed by atoms with van der Waals surface area (Å²) >= 11 is 2.07. The first-order valence-corrected chi connectivity index (χ1v) is 15.8. The molecular weight excluding hydrogens is 518 g/mol. The summed E-state index contributed by atoms with van der Waals surface area (Å²) in [5.74, 6) is 1.02. The fraction of sp³-hybridized carbons (Fsp3) is 0.545. The Labute approximate surface area is 241 Å². The number of piperazine rings is 1. The van der Waals surface area contributed by atoms with Gasteiger partial charge < -0.3 is 14.4 Å². The maximum Gasteiger partial charge on any atom is 0.335 e. The highest BCUT2D eigenvalue weighted by atomic mass is 32.2. The van der Waals surface area contributed by atoms with Crippen LogP contribution in [-0.2, 0) is 6.54 Å². The predicted molar refractivity (Wildman–Crippen MR) is 163 cm³/mol. The van der Waals surface area contributed by atoms with E-state index in [0.29, 0.717) is 29.5 Å². The van der Waals surface area contributed by atoms with Gasteiger partial charge >= 0.3 is 5.97 Å². The molecule has 2 saturated carbocycles. The third-order valence-electron chi connectivity index (χ3n) is 10.3. The summed E-state index contributed by atoms with van der Waals surface area (Å²) in [6, 6.07) is 13.6. The lowest BCUT2D eigenvalue weighted by Crippen LogP contribution is -2.53. The number of likely N-dealkylation sites (N-methyl/N-ethyl adjacent to an activating group) is 1. The van der Waals surface area contributed by atoms with Crippen molar-refractivity contribution in [1.29, 1.82) is 0 Å². The highest BCUT2D eigenvalue weighted by molar-refractivity contribution is 7.98. The van der Waals surface area contributed by atoms with Gasteiger partial charge in [-0.3, -0.25) is 4.90 Å². The molecule has 6 nitrogen and oxygen atoms in total. The topological polar surface area (TPSA) is 57.9 Å². The van der Waals surface area contributed by atoms with E-state index < -0.39 is 5.97 Å². The van der Waals surface area contributed by atoms with Crippen LogP contribution in [0.2, 0.25) is 0 Å². The number of carboxylic acid groups (broad SMARTS) is 1. The second kappa shape index (κ2) is 9.81. The Morgan fingerprint density at radius 1 is 1.05 bits per heavy atom. The van der Waals surface area contributed by atoms with Gasteiger partial charge in [0.1, 0.15) is 5.75 Å². The van der Waals surface area contributed by atoms with Crippen LogP contribution in [0.3, 0.4) is 0 Å². The van der Waals surface area contributed by atoms with Crippen molar-refractivity contribution in [3.05, 3.63) is 53.1 Å². The molecule has 4 atom stereocenters. The summed E-state index contributed by atoms with van der Waals surface area (Å²) in [6.07, 6.45) is 7.38. The molecule has 3 aromatic rings. The average Bonchev–Trinajstić information content (AvgIpc) is 3.58. The van der Waals surface area contributed by atoms with Gasteiger partial charge in [0.2, 0.25) is 0 Å². The largest absolute Gasteiger partial charge is 0.497 e. The molecular formula is C33H41N3O3S. The molecule has 3 fully saturated rings. The van der Waals surface area contributed by atoms with E-state index in [-0.39, 0.29) is 4.75 Å². The van der Waals surface area contributed by atoms with Gasteiger partial charge in [0.15, 0.2) is 0 Å². The Hall–Kier alpha value is -2.48. The third-order valence-corrected chi connectivity index (χ3v) is 11.8. The predicted octanol–water partition coefficient (Wildman–Crippen LogP) is 6.98. The molecule has 2 unspecified atom stereocenters. The van der Waals surface area contributed by atoms with Crippen molar-refractivity contribution in [3.63, 3.8) is 0 Å². The van der Waals surface area contributed by atoms with Crippen LogP contribution < -0.4 is 4.74 Å². The number of fused-ring (bicyclic) bond motifs is 7. The van der Waals surface area contributed by atoms with Crippen molar-refractivity contribution in [2.75, 3.05) is 27.2 Å². The minimum atomic E-state index is -0.857. The number of carboxylic acids is 1. The first-order chi connectivity index (χ1) is 19.3. The molecule has 0 bridgehead atoms. The van der Waals surface area contributed by atoms with Crippen molar-refractivity contribution in [1.82, 2.24) is 13.8 Å². The molecule has 1 aromatic heterocycles. The van der Waals surface area contributed by atoms with Crippen LogP contribution in [0.15, 0.2) is 36.4 Å². The molecule has 2 aliphatic carbocycles. The fourth-order valence-electron chi connectivity index (χ4n) is 7.88. The summed E-state index contributed by atoms with van der Waals surface area (Å²) in [7, 11) is 4.01. The molecule has 1 N–H and O–H groups in total. The number of aromatic carboxylic acids is 1. The summed E-state index contributed by atoms with van der Waals surface area (Å²) in [5.41, 5.74) is 6.96.